The molecule has 2 amide bonds. The summed E-state index contributed by atoms with van der Waals surface area (Å²) in [6.07, 6.45) is -3.64. The lowest BCUT2D eigenvalue weighted by Gasteiger charge is -2.34. The van der Waals surface area contributed by atoms with Gasteiger partial charge in [-0.25, -0.2) is 9.78 Å². The van der Waals surface area contributed by atoms with Gasteiger partial charge in [0, 0.05) is 56.7 Å². The summed E-state index contributed by atoms with van der Waals surface area (Å²) in [6, 6.07) is 7.66. The molecule has 2 aliphatic heterocycles. The molecule has 12 heteroatoms. The summed E-state index contributed by atoms with van der Waals surface area (Å²) in [5, 5.41) is 12.3. The van der Waals surface area contributed by atoms with Gasteiger partial charge in [-0.1, -0.05) is 29.3 Å². The van der Waals surface area contributed by atoms with E-state index >= 15 is 0 Å². The minimum Gasteiger partial charge on any atom is -0.465 e. The largest absolute Gasteiger partial charge is 0.465 e. The Hall–Kier alpha value is -2.72. The maximum absolute atomic E-state index is 13.4. The Bertz CT molecular complexity index is 1110. The lowest BCUT2D eigenvalue weighted by atomic mass is 9.89. The molecule has 0 unspecified atom stereocenters. The third-order valence-electron chi connectivity index (χ3n) is 6.88. The van der Waals surface area contributed by atoms with E-state index in [2.05, 4.69) is 10.3 Å². The predicted octanol–water partition coefficient (Wildman–Crippen LogP) is 5.13. The molecule has 2 fully saturated rings. The lowest BCUT2D eigenvalue weighted by molar-refractivity contribution is -0.138. The third-order valence-corrected chi connectivity index (χ3v) is 7.62. The van der Waals surface area contributed by atoms with Gasteiger partial charge in [0.2, 0.25) is 5.91 Å². The van der Waals surface area contributed by atoms with Crippen LogP contribution < -0.4 is 10.2 Å². The first-order chi connectivity index (χ1) is 17.0. The summed E-state index contributed by atoms with van der Waals surface area (Å²) in [5.74, 6) is -0.00505. The van der Waals surface area contributed by atoms with Crippen molar-refractivity contribution in [2.24, 2.45) is 11.8 Å². The second-order valence-electron chi connectivity index (χ2n) is 9.13. The van der Waals surface area contributed by atoms with E-state index in [-0.39, 0.29) is 30.2 Å². The van der Waals surface area contributed by atoms with Crippen LogP contribution in [-0.2, 0) is 11.0 Å². The number of hydrogen-bond donors (Lipinski definition) is 2. The Labute approximate surface area is 216 Å². The van der Waals surface area contributed by atoms with Crippen molar-refractivity contribution in [3.8, 4) is 0 Å². The van der Waals surface area contributed by atoms with Gasteiger partial charge in [0.1, 0.15) is 5.82 Å². The fourth-order valence-corrected chi connectivity index (χ4v) is 5.26. The molecule has 0 saturated carbocycles. The highest BCUT2D eigenvalue weighted by Gasteiger charge is 2.39. The number of aromatic nitrogens is 1. The number of carbonyl (C=O) groups excluding carboxylic acids is 1. The van der Waals surface area contributed by atoms with Crippen molar-refractivity contribution >= 4 is 41.0 Å². The average Bonchev–Trinajstić information content (AvgIpc) is 3.28. The number of rotatable bonds is 5. The minimum atomic E-state index is -4.44. The molecule has 0 radical (unpaired) electrons. The Morgan fingerprint density at radius 1 is 1.08 bits per heavy atom. The number of carbonyl (C=O) groups is 2. The monoisotopic (exact) mass is 544 g/mol. The fraction of sp³-hybridized carbons (Fsp3) is 0.458. The number of carboxylic acid groups (broad SMARTS) is 1. The maximum Gasteiger partial charge on any atom is 0.417 e. The number of hydrogen-bond acceptors (Lipinski definition) is 4. The highest BCUT2D eigenvalue weighted by Crippen LogP contribution is 2.37. The van der Waals surface area contributed by atoms with Crippen LogP contribution >= 0.6 is 23.2 Å². The van der Waals surface area contributed by atoms with Crippen LogP contribution in [0.2, 0.25) is 10.0 Å². The summed E-state index contributed by atoms with van der Waals surface area (Å²) >= 11 is 12.2. The molecule has 1 aromatic heterocycles. The molecular weight excluding hydrogens is 520 g/mol. The first kappa shape index (κ1) is 26.3. The number of amides is 2. The summed E-state index contributed by atoms with van der Waals surface area (Å²) in [7, 11) is 0. The first-order valence-corrected chi connectivity index (χ1v) is 12.3. The quantitative estimate of drug-likeness (QED) is 0.544. The van der Waals surface area contributed by atoms with Crippen LogP contribution in [0.15, 0.2) is 36.5 Å². The zero-order valence-electron chi connectivity index (χ0n) is 19.1. The molecule has 2 aromatic rings. The molecule has 2 aliphatic rings. The molecule has 0 bridgehead atoms. The van der Waals surface area contributed by atoms with Gasteiger partial charge < -0.3 is 20.2 Å². The van der Waals surface area contributed by atoms with Crippen molar-refractivity contribution in [3.63, 3.8) is 0 Å². The lowest BCUT2D eigenvalue weighted by Crippen LogP contribution is -2.42. The Morgan fingerprint density at radius 3 is 2.39 bits per heavy atom. The number of alkyl halides is 3. The number of pyridine rings is 1. The molecule has 2 N–H and O–H groups in total. The van der Waals surface area contributed by atoms with Crippen LogP contribution in [0, 0.1) is 11.8 Å². The number of likely N-dealkylation sites (tertiary alicyclic amines) is 1. The SMILES string of the molecule is O=C(O)NC[C@H]1CN(C(=O)C2CCN(c3ccc(C(F)(F)F)cn3)CC2)C[C@H]1c1ccc(Cl)c(Cl)c1. The number of benzene rings is 1. The first-order valence-electron chi connectivity index (χ1n) is 11.5. The second-order valence-corrected chi connectivity index (χ2v) is 9.95. The van der Waals surface area contributed by atoms with Gasteiger partial charge in [-0.2, -0.15) is 13.2 Å². The van der Waals surface area contributed by atoms with Gasteiger partial charge in [-0.05, 0) is 42.7 Å². The van der Waals surface area contributed by atoms with Crippen molar-refractivity contribution in [2.75, 3.05) is 37.6 Å². The molecule has 0 spiro atoms. The molecule has 7 nitrogen and oxygen atoms in total. The van der Waals surface area contributed by atoms with Crippen molar-refractivity contribution in [1.29, 1.82) is 0 Å². The van der Waals surface area contributed by atoms with E-state index in [4.69, 9.17) is 28.3 Å². The molecule has 0 aliphatic carbocycles. The Morgan fingerprint density at radius 2 is 1.81 bits per heavy atom. The molecular formula is C24H25Cl2F3N4O3. The predicted molar refractivity (Wildman–Crippen MR) is 129 cm³/mol. The molecule has 1 aromatic carbocycles. The average molecular weight is 545 g/mol. The third kappa shape index (κ3) is 5.98. The fourth-order valence-electron chi connectivity index (χ4n) is 4.95. The number of anilines is 1. The molecule has 4 rings (SSSR count). The van der Waals surface area contributed by atoms with Crippen LogP contribution in [0.5, 0.6) is 0 Å². The highest BCUT2D eigenvalue weighted by atomic mass is 35.5. The normalized spacial score (nSPS) is 21.0. The zero-order valence-corrected chi connectivity index (χ0v) is 20.7. The van der Waals surface area contributed by atoms with Gasteiger partial charge >= 0.3 is 12.3 Å². The van der Waals surface area contributed by atoms with E-state index in [9.17, 15) is 22.8 Å². The van der Waals surface area contributed by atoms with Gasteiger partial charge in [0.05, 0.1) is 15.6 Å². The number of piperidine rings is 1. The van der Waals surface area contributed by atoms with Crippen LogP contribution in [0.25, 0.3) is 0 Å². The summed E-state index contributed by atoms with van der Waals surface area (Å²) < 4.78 is 38.4. The van der Waals surface area contributed by atoms with Crippen LogP contribution in [-0.4, -0.2) is 59.7 Å². The van der Waals surface area contributed by atoms with E-state index in [1.165, 1.54) is 6.07 Å². The van der Waals surface area contributed by atoms with Crippen LogP contribution in [0.4, 0.5) is 23.8 Å². The topological polar surface area (TPSA) is 85.8 Å². The van der Waals surface area contributed by atoms with E-state index in [1.54, 1.807) is 17.0 Å². The van der Waals surface area contributed by atoms with Crippen molar-refractivity contribution in [3.05, 3.63) is 57.7 Å². The Kier molecular flexibility index (Phi) is 7.85. The smallest absolute Gasteiger partial charge is 0.417 e. The molecule has 194 valence electrons. The summed E-state index contributed by atoms with van der Waals surface area (Å²) in [5.41, 5.74) is 0.0916. The van der Waals surface area contributed by atoms with E-state index < -0.39 is 17.8 Å². The summed E-state index contributed by atoms with van der Waals surface area (Å²) in [6.45, 7) is 2.04. The van der Waals surface area contributed by atoms with Gasteiger partial charge in [-0.15, -0.1) is 0 Å². The minimum absolute atomic E-state index is 0.00193. The van der Waals surface area contributed by atoms with E-state index in [1.807, 2.05) is 11.0 Å². The molecule has 2 atom stereocenters. The molecule has 2 saturated heterocycles. The van der Waals surface area contributed by atoms with Crippen LogP contribution in [0.1, 0.15) is 29.9 Å². The Balaban J connectivity index is 1.40. The maximum atomic E-state index is 13.4. The number of nitrogens with one attached hydrogen (secondary N) is 1. The molecule has 3 heterocycles. The highest BCUT2D eigenvalue weighted by molar-refractivity contribution is 6.42. The number of nitrogens with zero attached hydrogens (tertiary/aromatic N) is 3. The zero-order chi connectivity index (χ0) is 26.0. The second kappa shape index (κ2) is 10.7. The standard InChI is InChI=1S/C24H25Cl2F3N4O3/c25-19-3-1-15(9-20(19)26)18-13-33(12-16(18)10-31-23(35)36)22(34)14-5-7-32(8-6-14)21-4-2-17(11-30-21)24(27,28)29/h1-4,9,11,14,16,18,31H,5-8,10,12-13H2,(H,35,36)/t16-,18-/m0/s1. The van der Waals surface area contributed by atoms with E-state index in [0.717, 1.165) is 17.8 Å². The van der Waals surface area contributed by atoms with Gasteiger partial charge in [-0.3, -0.25) is 4.79 Å². The van der Waals surface area contributed by atoms with Crippen molar-refractivity contribution in [2.45, 2.75) is 24.9 Å². The van der Waals surface area contributed by atoms with Gasteiger partial charge in [0.15, 0.2) is 0 Å². The van der Waals surface area contributed by atoms with Crippen molar-refractivity contribution in [1.82, 2.24) is 15.2 Å². The van der Waals surface area contributed by atoms with Crippen LogP contribution in [0.3, 0.4) is 0 Å². The summed E-state index contributed by atoms with van der Waals surface area (Å²) in [4.78, 5) is 32.1. The van der Waals surface area contributed by atoms with Crippen molar-refractivity contribution < 1.29 is 27.9 Å². The molecule has 36 heavy (non-hydrogen) atoms. The van der Waals surface area contributed by atoms with Gasteiger partial charge in [0.25, 0.3) is 0 Å². The number of halogens is 5. The van der Waals surface area contributed by atoms with E-state index in [0.29, 0.717) is 54.9 Å².